The number of halogens is 1. The van der Waals surface area contributed by atoms with Crippen LogP contribution >= 0.6 is 11.6 Å². The molecule has 1 saturated heterocycles. The number of benzene rings is 2. The third kappa shape index (κ3) is 7.85. The van der Waals surface area contributed by atoms with Crippen molar-refractivity contribution in [3.05, 3.63) is 71.3 Å². The number of aromatic nitrogens is 2. The predicted molar refractivity (Wildman–Crippen MR) is 143 cm³/mol. The summed E-state index contributed by atoms with van der Waals surface area (Å²) < 4.78 is 25.4. The molecule has 1 aromatic heterocycles. The molecule has 0 aliphatic carbocycles. The fourth-order valence-corrected chi connectivity index (χ4v) is 4.56. The van der Waals surface area contributed by atoms with E-state index >= 15 is 0 Å². The summed E-state index contributed by atoms with van der Waals surface area (Å²) in [6, 6.07) is 13.1. The van der Waals surface area contributed by atoms with Crippen LogP contribution in [0, 0.1) is 0 Å². The van der Waals surface area contributed by atoms with Crippen molar-refractivity contribution in [2.75, 3.05) is 46.6 Å². The minimum Gasteiger partial charge on any atom is -0.493 e. The molecule has 37 heavy (non-hydrogen) atoms. The van der Waals surface area contributed by atoms with E-state index in [0.29, 0.717) is 55.1 Å². The van der Waals surface area contributed by atoms with Crippen molar-refractivity contribution in [1.29, 1.82) is 0 Å². The van der Waals surface area contributed by atoms with Crippen molar-refractivity contribution in [2.45, 2.75) is 38.5 Å². The highest BCUT2D eigenvalue weighted by atomic mass is 35.5. The van der Waals surface area contributed by atoms with Gasteiger partial charge in [-0.15, -0.1) is 0 Å². The Labute approximate surface area is 223 Å². The number of rotatable bonds is 12. The Morgan fingerprint density at radius 3 is 2.76 bits per heavy atom. The molecule has 200 valence electrons. The van der Waals surface area contributed by atoms with Gasteiger partial charge in [0, 0.05) is 50.0 Å². The topological polar surface area (TPSA) is 78.2 Å². The highest BCUT2D eigenvalue weighted by Gasteiger charge is 2.33. The number of hydrogen-bond acceptors (Lipinski definition) is 7. The van der Waals surface area contributed by atoms with Gasteiger partial charge in [-0.05, 0) is 48.4 Å². The second kappa shape index (κ2) is 13.1. The van der Waals surface area contributed by atoms with Gasteiger partial charge in [-0.1, -0.05) is 24.6 Å². The molecule has 0 radical (unpaired) electrons. The SMILES string of the molecule is CCc1nccn1CCCOc1cc(CN2CCOC[C@@](O)(COc3ccc(Cl)cc3)C2)ccc1OC. The zero-order valence-electron chi connectivity index (χ0n) is 21.6. The summed E-state index contributed by atoms with van der Waals surface area (Å²) in [6.07, 6.45) is 5.62. The quantitative estimate of drug-likeness (QED) is 0.352. The van der Waals surface area contributed by atoms with Gasteiger partial charge in [-0.3, -0.25) is 4.90 Å². The number of hydrogen-bond donors (Lipinski definition) is 1. The normalized spacial score (nSPS) is 18.4. The van der Waals surface area contributed by atoms with E-state index in [1.807, 2.05) is 30.6 Å². The molecule has 8 nitrogen and oxygen atoms in total. The molecule has 0 unspecified atom stereocenters. The van der Waals surface area contributed by atoms with Crippen molar-refractivity contribution in [2.24, 2.45) is 0 Å². The summed E-state index contributed by atoms with van der Waals surface area (Å²) in [5.41, 5.74) is -0.0615. The lowest BCUT2D eigenvalue weighted by atomic mass is 10.1. The molecule has 3 aromatic rings. The number of ether oxygens (including phenoxy) is 4. The van der Waals surface area contributed by atoms with Gasteiger partial charge in [0.25, 0.3) is 0 Å². The summed E-state index contributed by atoms with van der Waals surface area (Å²) in [4.78, 5) is 6.55. The van der Waals surface area contributed by atoms with E-state index in [2.05, 4.69) is 21.4 Å². The average molecular weight is 530 g/mol. The summed E-state index contributed by atoms with van der Waals surface area (Å²) in [6.45, 7) is 6.18. The largest absolute Gasteiger partial charge is 0.493 e. The van der Waals surface area contributed by atoms with E-state index in [4.69, 9.17) is 30.5 Å². The summed E-state index contributed by atoms with van der Waals surface area (Å²) in [7, 11) is 1.65. The second-order valence-corrected chi connectivity index (χ2v) is 9.74. The maximum atomic E-state index is 11.2. The summed E-state index contributed by atoms with van der Waals surface area (Å²) >= 11 is 5.95. The molecule has 2 heterocycles. The molecule has 9 heteroatoms. The Morgan fingerprint density at radius 2 is 1.97 bits per heavy atom. The van der Waals surface area contributed by atoms with Crippen LogP contribution in [0.4, 0.5) is 0 Å². The molecule has 1 fully saturated rings. The third-order valence-corrected chi connectivity index (χ3v) is 6.57. The van der Waals surface area contributed by atoms with E-state index in [1.54, 1.807) is 31.4 Å². The maximum Gasteiger partial charge on any atom is 0.161 e. The average Bonchev–Trinajstić information content (AvgIpc) is 3.28. The number of methoxy groups -OCH3 is 1. The van der Waals surface area contributed by atoms with Crippen LogP contribution in [0.1, 0.15) is 24.7 Å². The third-order valence-electron chi connectivity index (χ3n) is 6.31. The van der Waals surface area contributed by atoms with Crippen LogP contribution in [-0.2, 0) is 24.2 Å². The second-order valence-electron chi connectivity index (χ2n) is 9.31. The molecule has 1 aliphatic heterocycles. The molecule has 1 atom stereocenters. The van der Waals surface area contributed by atoms with Crippen LogP contribution in [0.2, 0.25) is 5.02 Å². The first-order chi connectivity index (χ1) is 18.0. The van der Waals surface area contributed by atoms with Crippen molar-refractivity contribution in [3.63, 3.8) is 0 Å². The Balaban J connectivity index is 1.34. The van der Waals surface area contributed by atoms with Gasteiger partial charge in [-0.25, -0.2) is 4.98 Å². The minimum absolute atomic E-state index is 0.124. The van der Waals surface area contributed by atoms with Crippen LogP contribution in [0.15, 0.2) is 54.9 Å². The first kappa shape index (κ1) is 27.3. The van der Waals surface area contributed by atoms with Crippen molar-refractivity contribution in [3.8, 4) is 17.2 Å². The van der Waals surface area contributed by atoms with Crippen molar-refractivity contribution in [1.82, 2.24) is 14.5 Å². The van der Waals surface area contributed by atoms with Gasteiger partial charge in [0.05, 0.1) is 26.9 Å². The fraction of sp³-hybridized carbons (Fsp3) is 0.464. The molecule has 2 aromatic carbocycles. The molecule has 0 saturated carbocycles. The lowest BCUT2D eigenvalue weighted by molar-refractivity contribution is -0.0646. The van der Waals surface area contributed by atoms with E-state index in [0.717, 1.165) is 30.8 Å². The number of β-amino-alcohol motifs (C(OH)–C–C–N with tert-alkyl or cyclic N) is 1. The van der Waals surface area contributed by atoms with E-state index in [9.17, 15) is 5.11 Å². The van der Waals surface area contributed by atoms with Gasteiger partial charge in [0.1, 0.15) is 23.8 Å². The first-order valence-electron chi connectivity index (χ1n) is 12.7. The molecule has 0 bridgehead atoms. The van der Waals surface area contributed by atoms with E-state index < -0.39 is 5.60 Å². The molecular formula is C28H36ClN3O5. The first-order valence-corrected chi connectivity index (χ1v) is 13.1. The van der Waals surface area contributed by atoms with Gasteiger partial charge in [-0.2, -0.15) is 0 Å². The van der Waals surface area contributed by atoms with Crippen LogP contribution in [0.5, 0.6) is 17.2 Å². The zero-order valence-corrected chi connectivity index (χ0v) is 22.3. The van der Waals surface area contributed by atoms with Crippen LogP contribution in [-0.4, -0.2) is 71.8 Å². The van der Waals surface area contributed by atoms with Crippen molar-refractivity contribution < 1.29 is 24.1 Å². The Morgan fingerprint density at radius 1 is 1.14 bits per heavy atom. The summed E-state index contributed by atoms with van der Waals surface area (Å²) in [5, 5.41) is 11.9. The highest BCUT2D eigenvalue weighted by Crippen LogP contribution is 2.29. The molecular weight excluding hydrogens is 494 g/mol. The zero-order chi connectivity index (χ0) is 26.1. The smallest absolute Gasteiger partial charge is 0.161 e. The van der Waals surface area contributed by atoms with Crippen LogP contribution in [0.25, 0.3) is 0 Å². The number of aliphatic hydroxyl groups is 1. The molecule has 4 rings (SSSR count). The Kier molecular flexibility index (Phi) is 9.68. The van der Waals surface area contributed by atoms with Crippen molar-refractivity contribution >= 4 is 11.6 Å². The predicted octanol–water partition coefficient (Wildman–Crippen LogP) is 4.22. The molecule has 0 amide bonds. The Hall–Kier alpha value is -2.78. The fourth-order valence-electron chi connectivity index (χ4n) is 4.43. The van der Waals surface area contributed by atoms with Crippen LogP contribution < -0.4 is 14.2 Å². The van der Waals surface area contributed by atoms with Gasteiger partial charge < -0.3 is 28.6 Å². The lowest BCUT2D eigenvalue weighted by Gasteiger charge is -2.30. The van der Waals surface area contributed by atoms with Gasteiger partial charge in [0.15, 0.2) is 11.5 Å². The van der Waals surface area contributed by atoms with Gasteiger partial charge >= 0.3 is 0 Å². The van der Waals surface area contributed by atoms with E-state index in [1.165, 1.54) is 0 Å². The highest BCUT2D eigenvalue weighted by molar-refractivity contribution is 6.30. The Bertz CT molecular complexity index is 1120. The number of nitrogens with zero attached hydrogens (tertiary/aromatic N) is 3. The molecule has 1 N–H and O–H groups in total. The van der Waals surface area contributed by atoms with Gasteiger partial charge in [0.2, 0.25) is 0 Å². The van der Waals surface area contributed by atoms with Crippen LogP contribution in [0.3, 0.4) is 0 Å². The summed E-state index contributed by atoms with van der Waals surface area (Å²) in [5.74, 6) is 3.16. The van der Waals surface area contributed by atoms with E-state index in [-0.39, 0.29) is 13.2 Å². The monoisotopic (exact) mass is 529 g/mol. The molecule has 1 aliphatic rings. The minimum atomic E-state index is -1.13. The number of aryl methyl sites for hydroxylation is 2. The maximum absolute atomic E-state index is 11.2. The standard InChI is InChI=1S/C28H36ClN3O5/c1-3-27-30-11-13-32(27)12-4-15-36-26-17-22(5-10-25(26)34-2)18-31-14-16-35-20-28(33,19-31)21-37-24-8-6-23(29)7-9-24/h5-11,13,17,33H,3-4,12,14-16,18-21H2,1-2H3/t28-/m1/s1. The molecule has 0 spiro atoms. The lowest BCUT2D eigenvalue weighted by Crippen LogP contribution is -2.48. The number of imidazole rings is 1.